The highest BCUT2D eigenvalue weighted by atomic mass is 32.1. The van der Waals surface area contributed by atoms with Gasteiger partial charge in [0.05, 0.1) is 5.52 Å². The molecule has 2 aromatic heterocycles. The second-order valence-corrected chi connectivity index (χ2v) is 4.85. The van der Waals surface area contributed by atoms with Gasteiger partial charge in [0.1, 0.15) is 0 Å². The lowest BCUT2D eigenvalue weighted by atomic mass is 9.95. The molecule has 1 N–H and O–H groups in total. The van der Waals surface area contributed by atoms with Crippen molar-refractivity contribution in [3.05, 3.63) is 23.1 Å². The second-order valence-electron chi connectivity index (χ2n) is 4.47. The highest BCUT2D eigenvalue weighted by molar-refractivity contribution is 7.71. The average molecular weight is 233 g/mol. The largest absolute Gasteiger partial charge is 0.329 e. The summed E-state index contributed by atoms with van der Waals surface area (Å²) in [6.07, 6.45) is 8.29. The van der Waals surface area contributed by atoms with Crippen molar-refractivity contribution in [3.8, 4) is 0 Å². The molecule has 0 spiro atoms. The van der Waals surface area contributed by atoms with Gasteiger partial charge in [-0.15, -0.1) is 0 Å². The molecule has 1 fully saturated rings. The minimum Gasteiger partial charge on any atom is -0.329 e. The van der Waals surface area contributed by atoms with Crippen molar-refractivity contribution in [3.63, 3.8) is 0 Å². The predicted molar refractivity (Wildman–Crippen MR) is 67.0 cm³/mol. The van der Waals surface area contributed by atoms with E-state index in [2.05, 4.69) is 14.5 Å². The summed E-state index contributed by atoms with van der Waals surface area (Å²) in [5.74, 6) is 0. The van der Waals surface area contributed by atoms with Gasteiger partial charge in [-0.3, -0.25) is 4.57 Å². The molecular weight excluding hydrogens is 218 g/mol. The fraction of sp³-hybridized carbons (Fsp3) is 0.500. The Morgan fingerprint density at radius 3 is 2.94 bits per heavy atom. The number of nitrogens with one attached hydrogen (secondary N) is 1. The third-order valence-electron chi connectivity index (χ3n) is 3.42. The summed E-state index contributed by atoms with van der Waals surface area (Å²) in [7, 11) is 0. The van der Waals surface area contributed by atoms with Crippen molar-refractivity contribution >= 4 is 23.4 Å². The van der Waals surface area contributed by atoms with Crippen molar-refractivity contribution in [1.82, 2.24) is 14.5 Å². The lowest BCUT2D eigenvalue weighted by Crippen LogP contribution is -2.13. The van der Waals surface area contributed by atoms with Crippen LogP contribution in [0.15, 0.2) is 18.3 Å². The van der Waals surface area contributed by atoms with Crippen LogP contribution in [0.3, 0.4) is 0 Å². The molecule has 0 bridgehead atoms. The Hall–Kier alpha value is -1.16. The van der Waals surface area contributed by atoms with Crippen molar-refractivity contribution < 1.29 is 0 Å². The highest BCUT2D eigenvalue weighted by Crippen LogP contribution is 2.30. The van der Waals surface area contributed by atoms with E-state index >= 15 is 0 Å². The van der Waals surface area contributed by atoms with Crippen LogP contribution in [-0.2, 0) is 0 Å². The number of fused-ring (bicyclic) bond motifs is 1. The SMILES string of the molecule is S=c1[nH]c2cccnc2n1C1CCCCC1. The molecule has 0 unspecified atom stereocenters. The Kier molecular flexibility index (Phi) is 2.52. The number of rotatable bonds is 1. The van der Waals surface area contributed by atoms with Gasteiger partial charge in [0.25, 0.3) is 0 Å². The van der Waals surface area contributed by atoms with Gasteiger partial charge in [0.15, 0.2) is 10.4 Å². The monoisotopic (exact) mass is 233 g/mol. The third-order valence-corrected chi connectivity index (χ3v) is 3.71. The van der Waals surface area contributed by atoms with Gasteiger partial charge in [-0.25, -0.2) is 4.98 Å². The van der Waals surface area contributed by atoms with E-state index < -0.39 is 0 Å². The van der Waals surface area contributed by atoms with Gasteiger partial charge in [0, 0.05) is 12.2 Å². The number of pyridine rings is 1. The van der Waals surface area contributed by atoms with E-state index in [1.165, 1.54) is 32.1 Å². The van der Waals surface area contributed by atoms with Crippen molar-refractivity contribution in [1.29, 1.82) is 0 Å². The van der Waals surface area contributed by atoms with Crippen LogP contribution >= 0.6 is 12.2 Å². The van der Waals surface area contributed by atoms with E-state index in [1.807, 2.05) is 18.3 Å². The molecule has 0 aliphatic heterocycles. The number of H-pyrrole nitrogens is 1. The number of hydrogen-bond acceptors (Lipinski definition) is 2. The van der Waals surface area contributed by atoms with Gasteiger partial charge in [-0.1, -0.05) is 19.3 Å². The zero-order chi connectivity index (χ0) is 11.0. The Morgan fingerprint density at radius 1 is 1.31 bits per heavy atom. The summed E-state index contributed by atoms with van der Waals surface area (Å²) in [6.45, 7) is 0. The number of nitrogens with zero attached hydrogens (tertiary/aromatic N) is 2. The van der Waals surface area contributed by atoms with E-state index in [4.69, 9.17) is 12.2 Å². The first-order valence-electron chi connectivity index (χ1n) is 5.91. The Bertz CT molecular complexity index is 549. The van der Waals surface area contributed by atoms with Crippen LogP contribution in [0.2, 0.25) is 0 Å². The zero-order valence-corrected chi connectivity index (χ0v) is 9.96. The molecule has 84 valence electrons. The molecule has 1 aliphatic carbocycles. The summed E-state index contributed by atoms with van der Waals surface area (Å²) in [4.78, 5) is 7.68. The lowest BCUT2D eigenvalue weighted by molar-refractivity contribution is 0.356. The van der Waals surface area contributed by atoms with Crippen LogP contribution in [0.4, 0.5) is 0 Å². The maximum absolute atomic E-state index is 5.40. The van der Waals surface area contributed by atoms with Crippen molar-refractivity contribution in [2.45, 2.75) is 38.1 Å². The van der Waals surface area contributed by atoms with E-state index in [0.29, 0.717) is 6.04 Å². The maximum atomic E-state index is 5.40. The molecule has 1 saturated carbocycles. The molecule has 0 amide bonds. The van der Waals surface area contributed by atoms with Gasteiger partial charge in [-0.2, -0.15) is 0 Å². The lowest BCUT2D eigenvalue weighted by Gasteiger charge is -2.23. The number of aromatic nitrogens is 3. The smallest absolute Gasteiger partial charge is 0.179 e. The van der Waals surface area contributed by atoms with E-state index in [-0.39, 0.29) is 0 Å². The highest BCUT2D eigenvalue weighted by Gasteiger charge is 2.18. The van der Waals surface area contributed by atoms with Crippen LogP contribution in [-0.4, -0.2) is 14.5 Å². The molecule has 1 aliphatic rings. The minimum absolute atomic E-state index is 0.546. The zero-order valence-electron chi connectivity index (χ0n) is 9.15. The summed E-state index contributed by atoms with van der Waals surface area (Å²) < 4.78 is 3.03. The first-order chi connectivity index (χ1) is 7.86. The molecule has 0 atom stereocenters. The molecule has 3 nitrogen and oxygen atoms in total. The number of hydrogen-bond donors (Lipinski definition) is 1. The van der Waals surface area contributed by atoms with Crippen LogP contribution < -0.4 is 0 Å². The van der Waals surface area contributed by atoms with Crippen molar-refractivity contribution in [2.75, 3.05) is 0 Å². The normalized spacial score (nSPS) is 18.0. The predicted octanol–water partition coefficient (Wildman–Crippen LogP) is 3.60. The molecule has 2 aromatic rings. The molecule has 0 saturated heterocycles. The van der Waals surface area contributed by atoms with Gasteiger partial charge < -0.3 is 4.98 Å². The fourth-order valence-electron chi connectivity index (χ4n) is 2.64. The fourth-order valence-corrected chi connectivity index (χ4v) is 2.98. The molecule has 3 rings (SSSR count). The molecule has 0 radical (unpaired) electrons. The first kappa shape index (κ1) is 10.0. The van der Waals surface area contributed by atoms with E-state index in [9.17, 15) is 0 Å². The Labute approximate surface area is 99.5 Å². The van der Waals surface area contributed by atoms with Crippen LogP contribution in [0, 0.1) is 4.77 Å². The second kappa shape index (κ2) is 4.01. The topological polar surface area (TPSA) is 33.6 Å². The summed E-state index contributed by atoms with van der Waals surface area (Å²) >= 11 is 5.40. The summed E-state index contributed by atoms with van der Waals surface area (Å²) in [5.41, 5.74) is 2.07. The molecule has 2 heterocycles. The van der Waals surface area contributed by atoms with E-state index in [1.54, 1.807) is 0 Å². The van der Waals surface area contributed by atoms with Gasteiger partial charge in [0.2, 0.25) is 0 Å². The Morgan fingerprint density at radius 2 is 2.12 bits per heavy atom. The minimum atomic E-state index is 0.546. The molecule has 4 heteroatoms. The third kappa shape index (κ3) is 1.57. The maximum Gasteiger partial charge on any atom is 0.179 e. The molecule has 0 aromatic carbocycles. The van der Waals surface area contributed by atoms with E-state index in [0.717, 1.165) is 15.9 Å². The van der Waals surface area contributed by atoms with Crippen LogP contribution in [0.25, 0.3) is 11.2 Å². The quantitative estimate of drug-likeness (QED) is 0.763. The summed E-state index contributed by atoms with van der Waals surface area (Å²) in [5, 5.41) is 0. The van der Waals surface area contributed by atoms with Gasteiger partial charge >= 0.3 is 0 Å². The molecule has 16 heavy (non-hydrogen) atoms. The van der Waals surface area contributed by atoms with Gasteiger partial charge in [-0.05, 0) is 37.2 Å². The number of imidazole rings is 1. The Balaban J connectivity index is 2.14. The summed E-state index contributed by atoms with van der Waals surface area (Å²) in [6, 6.07) is 4.53. The van der Waals surface area contributed by atoms with Crippen LogP contribution in [0.5, 0.6) is 0 Å². The standard InChI is InChI=1S/C12H15N3S/c16-12-14-10-7-4-8-13-11(10)15(12)9-5-2-1-3-6-9/h4,7-9H,1-3,5-6H2,(H,14,16). The van der Waals surface area contributed by atoms with Crippen molar-refractivity contribution in [2.24, 2.45) is 0 Å². The van der Waals surface area contributed by atoms with Crippen LogP contribution in [0.1, 0.15) is 38.1 Å². The average Bonchev–Trinajstić information content (AvgIpc) is 2.66. The first-order valence-corrected chi connectivity index (χ1v) is 6.32. The molecular formula is C12H15N3S. The number of aromatic amines is 1.